The Morgan fingerprint density at radius 2 is 2.20 bits per heavy atom. The first-order valence-electron chi connectivity index (χ1n) is 5.97. The Balaban J connectivity index is 2.08. The van der Waals surface area contributed by atoms with Gasteiger partial charge in [0.1, 0.15) is 0 Å². The van der Waals surface area contributed by atoms with E-state index in [9.17, 15) is 4.79 Å². The van der Waals surface area contributed by atoms with Crippen LogP contribution in [-0.2, 0) is 13.1 Å². The highest BCUT2D eigenvalue weighted by Gasteiger charge is 2.13. The van der Waals surface area contributed by atoms with Crippen molar-refractivity contribution in [2.24, 2.45) is 0 Å². The number of benzene rings is 1. The lowest BCUT2D eigenvalue weighted by Crippen LogP contribution is -2.23. The summed E-state index contributed by atoms with van der Waals surface area (Å²) in [5.74, 6) is -0.282. The number of carbonyl (C=O) groups excluding carboxylic acids is 1. The number of rotatable bonds is 4. The van der Waals surface area contributed by atoms with E-state index in [1.54, 1.807) is 22.9 Å². The van der Waals surface area contributed by atoms with Gasteiger partial charge in [0, 0.05) is 12.7 Å². The number of hydrogen-bond donors (Lipinski definition) is 1. The summed E-state index contributed by atoms with van der Waals surface area (Å²) in [6.45, 7) is 3.08. The lowest BCUT2D eigenvalue weighted by atomic mass is 10.2. The summed E-state index contributed by atoms with van der Waals surface area (Å²) in [6.07, 6.45) is 1.87. The molecule has 1 aromatic carbocycles. The van der Waals surface area contributed by atoms with Crippen LogP contribution in [0.5, 0.6) is 0 Å². The SMILES string of the molecule is CCn1cc(Br)c(CNC(=O)c2cccc(Cl)c2Cl)n1. The molecule has 106 valence electrons. The molecule has 0 aliphatic rings. The second kappa shape index (κ2) is 6.61. The molecule has 0 atom stereocenters. The molecule has 20 heavy (non-hydrogen) atoms. The Labute approximate surface area is 135 Å². The molecule has 1 N–H and O–H groups in total. The number of amides is 1. The van der Waals surface area contributed by atoms with E-state index >= 15 is 0 Å². The van der Waals surface area contributed by atoms with Gasteiger partial charge in [0.05, 0.1) is 32.3 Å². The smallest absolute Gasteiger partial charge is 0.253 e. The average molecular weight is 377 g/mol. The van der Waals surface area contributed by atoms with Crippen LogP contribution in [0.4, 0.5) is 0 Å². The van der Waals surface area contributed by atoms with Gasteiger partial charge in [0.15, 0.2) is 0 Å². The van der Waals surface area contributed by atoms with Crippen LogP contribution in [-0.4, -0.2) is 15.7 Å². The molecule has 0 saturated heterocycles. The first-order valence-corrected chi connectivity index (χ1v) is 7.51. The summed E-state index contributed by atoms with van der Waals surface area (Å²) < 4.78 is 2.65. The second-order valence-electron chi connectivity index (χ2n) is 4.06. The van der Waals surface area contributed by atoms with Crippen molar-refractivity contribution in [3.63, 3.8) is 0 Å². The van der Waals surface area contributed by atoms with E-state index in [1.165, 1.54) is 0 Å². The fourth-order valence-corrected chi connectivity index (χ4v) is 2.50. The van der Waals surface area contributed by atoms with Crippen molar-refractivity contribution in [1.82, 2.24) is 15.1 Å². The molecule has 0 aliphatic carbocycles. The summed E-state index contributed by atoms with van der Waals surface area (Å²) >= 11 is 15.3. The number of carbonyl (C=O) groups is 1. The standard InChI is InChI=1S/C13H12BrCl2N3O/c1-2-19-7-9(14)11(18-19)6-17-13(20)8-4-3-5-10(15)12(8)16/h3-5,7H,2,6H2,1H3,(H,17,20). The normalized spacial score (nSPS) is 10.6. The largest absolute Gasteiger partial charge is 0.346 e. The Bertz CT molecular complexity index is 643. The number of halogens is 3. The van der Waals surface area contributed by atoms with Crippen LogP contribution in [0.15, 0.2) is 28.9 Å². The first kappa shape index (κ1) is 15.4. The maximum Gasteiger partial charge on any atom is 0.253 e. The molecule has 1 amide bonds. The van der Waals surface area contributed by atoms with Gasteiger partial charge in [-0.25, -0.2) is 0 Å². The number of nitrogens with zero attached hydrogens (tertiary/aromatic N) is 2. The van der Waals surface area contributed by atoms with Crippen LogP contribution in [0.2, 0.25) is 10.0 Å². The third kappa shape index (κ3) is 3.34. The molecular weight excluding hydrogens is 365 g/mol. The lowest BCUT2D eigenvalue weighted by Gasteiger charge is -2.06. The molecule has 0 unspecified atom stereocenters. The second-order valence-corrected chi connectivity index (χ2v) is 5.70. The van der Waals surface area contributed by atoms with Crippen LogP contribution in [0, 0.1) is 0 Å². The third-order valence-electron chi connectivity index (χ3n) is 2.72. The van der Waals surface area contributed by atoms with E-state index in [1.807, 2.05) is 13.1 Å². The minimum Gasteiger partial charge on any atom is -0.346 e. The molecule has 2 rings (SSSR count). The monoisotopic (exact) mass is 375 g/mol. The van der Waals surface area contributed by atoms with Crippen molar-refractivity contribution in [3.8, 4) is 0 Å². The number of nitrogens with one attached hydrogen (secondary N) is 1. The zero-order valence-corrected chi connectivity index (χ0v) is 13.8. The Morgan fingerprint density at radius 1 is 1.45 bits per heavy atom. The van der Waals surface area contributed by atoms with Gasteiger partial charge in [-0.1, -0.05) is 29.3 Å². The summed E-state index contributed by atoms with van der Waals surface area (Å²) in [6, 6.07) is 4.95. The van der Waals surface area contributed by atoms with Crippen LogP contribution in [0.1, 0.15) is 23.0 Å². The van der Waals surface area contributed by atoms with E-state index in [2.05, 4.69) is 26.3 Å². The predicted molar refractivity (Wildman–Crippen MR) is 83.2 cm³/mol. The molecule has 0 spiro atoms. The first-order chi connectivity index (χ1) is 9.52. The zero-order chi connectivity index (χ0) is 14.7. The molecule has 0 saturated carbocycles. The highest BCUT2D eigenvalue weighted by Crippen LogP contribution is 2.25. The maximum atomic E-state index is 12.1. The van der Waals surface area contributed by atoms with Crippen molar-refractivity contribution in [2.45, 2.75) is 20.0 Å². The number of aryl methyl sites for hydroxylation is 1. The van der Waals surface area contributed by atoms with E-state index in [0.717, 1.165) is 16.7 Å². The molecule has 4 nitrogen and oxygen atoms in total. The highest BCUT2D eigenvalue weighted by atomic mass is 79.9. The van der Waals surface area contributed by atoms with Crippen LogP contribution >= 0.6 is 39.1 Å². The number of aromatic nitrogens is 2. The van der Waals surface area contributed by atoms with Gasteiger partial charge in [-0.3, -0.25) is 9.48 Å². The Morgan fingerprint density at radius 3 is 2.85 bits per heavy atom. The lowest BCUT2D eigenvalue weighted by molar-refractivity contribution is 0.0950. The molecule has 1 heterocycles. The van der Waals surface area contributed by atoms with Crippen molar-refractivity contribution in [3.05, 3.63) is 50.2 Å². The van der Waals surface area contributed by atoms with Gasteiger partial charge < -0.3 is 5.32 Å². The molecule has 7 heteroatoms. The summed E-state index contributed by atoms with van der Waals surface area (Å²) in [5.41, 5.74) is 1.11. The van der Waals surface area contributed by atoms with E-state index in [0.29, 0.717) is 17.1 Å². The topological polar surface area (TPSA) is 46.9 Å². The molecular formula is C13H12BrCl2N3O. The van der Waals surface area contributed by atoms with Crippen molar-refractivity contribution < 1.29 is 4.79 Å². The Kier molecular flexibility index (Phi) is 5.07. The molecule has 2 aromatic rings. The van der Waals surface area contributed by atoms with E-state index in [-0.39, 0.29) is 10.9 Å². The van der Waals surface area contributed by atoms with Crippen LogP contribution in [0.3, 0.4) is 0 Å². The van der Waals surface area contributed by atoms with Gasteiger partial charge in [-0.2, -0.15) is 5.10 Å². The minimum absolute atomic E-state index is 0.254. The minimum atomic E-state index is -0.282. The number of hydrogen-bond acceptors (Lipinski definition) is 2. The van der Waals surface area contributed by atoms with E-state index < -0.39 is 0 Å². The quantitative estimate of drug-likeness (QED) is 0.879. The van der Waals surface area contributed by atoms with E-state index in [4.69, 9.17) is 23.2 Å². The van der Waals surface area contributed by atoms with Gasteiger partial charge in [-0.15, -0.1) is 0 Å². The molecule has 0 radical (unpaired) electrons. The fraction of sp³-hybridized carbons (Fsp3) is 0.231. The molecule has 0 aliphatic heterocycles. The summed E-state index contributed by atoms with van der Waals surface area (Å²) in [4.78, 5) is 12.1. The highest BCUT2D eigenvalue weighted by molar-refractivity contribution is 9.10. The van der Waals surface area contributed by atoms with Gasteiger partial charge in [-0.05, 0) is 35.0 Å². The molecule has 1 aromatic heterocycles. The molecule has 0 bridgehead atoms. The fourth-order valence-electron chi connectivity index (χ4n) is 1.66. The van der Waals surface area contributed by atoms with Crippen molar-refractivity contribution in [1.29, 1.82) is 0 Å². The van der Waals surface area contributed by atoms with Crippen LogP contribution < -0.4 is 5.32 Å². The zero-order valence-electron chi connectivity index (χ0n) is 10.7. The average Bonchev–Trinajstić information content (AvgIpc) is 2.80. The summed E-state index contributed by atoms with van der Waals surface area (Å²) in [7, 11) is 0. The van der Waals surface area contributed by atoms with Crippen molar-refractivity contribution >= 4 is 45.0 Å². The third-order valence-corrected chi connectivity index (χ3v) is 4.21. The summed E-state index contributed by atoms with van der Waals surface area (Å²) in [5, 5.41) is 7.72. The van der Waals surface area contributed by atoms with Gasteiger partial charge in [0.25, 0.3) is 5.91 Å². The Hall–Kier alpha value is -1.04. The van der Waals surface area contributed by atoms with Gasteiger partial charge in [0.2, 0.25) is 0 Å². The van der Waals surface area contributed by atoms with Crippen molar-refractivity contribution in [2.75, 3.05) is 0 Å². The predicted octanol–water partition coefficient (Wildman–Crippen LogP) is 3.90. The van der Waals surface area contributed by atoms with Crippen LogP contribution in [0.25, 0.3) is 0 Å². The molecule has 0 fully saturated rings. The maximum absolute atomic E-state index is 12.1. The van der Waals surface area contributed by atoms with Gasteiger partial charge >= 0.3 is 0 Å².